The van der Waals surface area contributed by atoms with Crippen molar-refractivity contribution in [3.05, 3.63) is 56.7 Å². The van der Waals surface area contributed by atoms with Crippen molar-refractivity contribution < 1.29 is 4.79 Å². The van der Waals surface area contributed by atoms with E-state index < -0.39 is 17.0 Å². The second kappa shape index (κ2) is 6.83. The quantitative estimate of drug-likeness (QED) is 0.459. The van der Waals surface area contributed by atoms with E-state index >= 15 is 0 Å². The van der Waals surface area contributed by atoms with Gasteiger partial charge < -0.3 is 5.73 Å². The van der Waals surface area contributed by atoms with Crippen molar-refractivity contribution in [2.24, 2.45) is 0 Å². The van der Waals surface area contributed by atoms with Gasteiger partial charge in [-0.1, -0.05) is 30.0 Å². The van der Waals surface area contributed by atoms with Crippen LogP contribution < -0.4 is 17.0 Å². The summed E-state index contributed by atoms with van der Waals surface area (Å²) < 4.78 is 2.78. The molecule has 0 amide bonds. The zero-order valence-electron chi connectivity index (χ0n) is 14.0. The molecule has 2 aromatic heterocycles. The summed E-state index contributed by atoms with van der Waals surface area (Å²) >= 11 is 1.08. The van der Waals surface area contributed by atoms with Gasteiger partial charge in [0.1, 0.15) is 11.4 Å². The highest BCUT2D eigenvalue weighted by Gasteiger charge is 2.30. The third kappa shape index (κ3) is 3.28. The average Bonchev–Trinajstić information content (AvgIpc) is 3.36. The number of ketones is 1. The van der Waals surface area contributed by atoms with Gasteiger partial charge in [-0.15, -0.1) is 5.10 Å². The molecule has 1 aliphatic carbocycles. The lowest BCUT2D eigenvalue weighted by molar-refractivity contribution is 0.102. The van der Waals surface area contributed by atoms with E-state index in [1.807, 2.05) is 30.3 Å². The molecule has 1 aromatic carbocycles. The number of hydrogen-bond donors (Lipinski definition) is 2. The monoisotopic (exact) mass is 385 g/mol. The number of nitrogens with zero attached hydrogens (tertiary/aromatic N) is 5. The van der Waals surface area contributed by atoms with Gasteiger partial charge in [0.25, 0.3) is 5.56 Å². The molecular formula is C16H15N7O3S. The summed E-state index contributed by atoms with van der Waals surface area (Å²) in [7, 11) is 0. The summed E-state index contributed by atoms with van der Waals surface area (Å²) in [4.78, 5) is 38.9. The molecule has 4 rings (SSSR count). The first-order valence-electron chi connectivity index (χ1n) is 8.20. The fourth-order valence-corrected chi connectivity index (χ4v) is 3.50. The fraction of sp³-hybridized carbons (Fsp3) is 0.250. The Bertz CT molecular complexity index is 1120. The number of thioether (sulfide) groups is 1. The van der Waals surface area contributed by atoms with Crippen LogP contribution >= 0.6 is 11.8 Å². The Morgan fingerprint density at radius 2 is 2.00 bits per heavy atom. The van der Waals surface area contributed by atoms with Gasteiger partial charge in [0.05, 0.1) is 11.4 Å². The van der Waals surface area contributed by atoms with Crippen LogP contribution in [0.15, 0.2) is 45.1 Å². The van der Waals surface area contributed by atoms with Crippen LogP contribution in [-0.2, 0) is 0 Å². The molecule has 1 aliphatic rings. The largest absolute Gasteiger partial charge is 0.384 e. The predicted molar refractivity (Wildman–Crippen MR) is 98.2 cm³/mol. The smallest absolute Gasteiger partial charge is 0.330 e. The van der Waals surface area contributed by atoms with Crippen molar-refractivity contribution in [1.82, 2.24) is 29.8 Å². The minimum atomic E-state index is -0.775. The number of Topliss-reactive ketones (excluding diaryl/α,β-unsaturated/α-hetero) is 1. The van der Waals surface area contributed by atoms with Gasteiger partial charge in [0.15, 0.2) is 5.78 Å². The molecule has 0 atom stereocenters. The maximum absolute atomic E-state index is 12.6. The zero-order chi connectivity index (χ0) is 19.0. The Hall–Kier alpha value is -3.21. The summed E-state index contributed by atoms with van der Waals surface area (Å²) in [6.07, 6.45) is 1.59. The van der Waals surface area contributed by atoms with Crippen LogP contribution in [0.4, 0.5) is 5.82 Å². The summed E-state index contributed by atoms with van der Waals surface area (Å²) in [5.41, 5.74) is 5.15. The van der Waals surface area contributed by atoms with Crippen molar-refractivity contribution in [2.75, 3.05) is 11.5 Å². The van der Waals surface area contributed by atoms with Crippen LogP contribution in [0.2, 0.25) is 0 Å². The van der Waals surface area contributed by atoms with E-state index in [1.54, 1.807) is 0 Å². The Kier molecular flexibility index (Phi) is 4.36. The number of nitrogens with two attached hydrogens (primary N) is 1. The van der Waals surface area contributed by atoms with E-state index in [2.05, 4.69) is 20.5 Å². The highest BCUT2D eigenvalue weighted by Crippen LogP contribution is 2.35. The maximum atomic E-state index is 12.6. The first kappa shape index (κ1) is 17.2. The number of nitrogen functional groups attached to an aromatic ring is 1. The van der Waals surface area contributed by atoms with Crippen molar-refractivity contribution >= 4 is 23.4 Å². The number of H-pyrrole nitrogens is 1. The highest BCUT2D eigenvalue weighted by atomic mass is 32.2. The van der Waals surface area contributed by atoms with Gasteiger partial charge in [-0.3, -0.25) is 19.1 Å². The summed E-state index contributed by atoms with van der Waals surface area (Å²) in [6, 6.07) is 9.16. The molecule has 0 bridgehead atoms. The van der Waals surface area contributed by atoms with Gasteiger partial charge in [-0.2, -0.15) is 4.68 Å². The number of rotatable bonds is 6. The van der Waals surface area contributed by atoms with Crippen LogP contribution in [-0.4, -0.2) is 41.3 Å². The molecule has 1 fully saturated rings. The number of hydrogen-bond acceptors (Lipinski definition) is 8. The van der Waals surface area contributed by atoms with Crippen LogP contribution in [0.25, 0.3) is 5.69 Å². The van der Waals surface area contributed by atoms with Gasteiger partial charge >= 0.3 is 5.69 Å². The molecule has 3 N–H and O–H groups in total. The van der Waals surface area contributed by atoms with Crippen molar-refractivity contribution in [3.8, 4) is 5.69 Å². The van der Waals surface area contributed by atoms with Crippen molar-refractivity contribution in [2.45, 2.75) is 24.0 Å². The van der Waals surface area contributed by atoms with E-state index in [4.69, 9.17) is 5.73 Å². The van der Waals surface area contributed by atoms with E-state index in [0.717, 1.165) is 30.3 Å². The number of carbonyl (C=O) groups is 1. The third-order valence-corrected chi connectivity index (χ3v) is 5.07. The Morgan fingerprint density at radius 3 is 2.70 bits per heavy atom. The number of aromatic nitrogens is 6. The fourth-order valence-electron chi connectivity index (χ4n) is 2.73. The molecule has 10 nitrogen and oxygen atoms in total. The van der Waals surface area contributed by atoms with Gasteiger partial charge in [0.2, 0.25) is 5.16 Å². The van der Waals surface area contributed by atoms with Gasteiger partial charge in [-0.25, -0.2) is 4.79 Å². The molecule has 0 unspecified atom stereocenters. The third-order valence-electron chi connectivity index (χ3n) is 4.15. The number of anilines is 1. The van der Waals surface area contributed by atoms with E-state index in [-0.39, 0.29) is 23.2 Å². The molecule has 138 valence electrons. The lowest BCUT2D eigenvalue weighted by Crippen LogP contribution is -2.36. The Morgan fingerprint density at radius 1 is 1.26 bits per heavy atom. The van der Waals surface area contributed by atoms with E-state index in [9.17, 15) is 14.4 Å². The van der Waals surface area contributed by atoms with Gasteiger partial charge in [-0.05, 0) is 35.4 Å². The zero-order valence-corrected chi connectivity index (χ0v) is 14.8. The Labute approximate surface area is 156 Å². The maximum Gasteiger partial charge on any atom is 0.330 e. The number of aromatic amines is 1. The van der Waals surface area contributed by atoms with Crippen molar-refractivity contribution in [3.63, 3.8) is 0 Å². The molecular weight excluding hydrogens is 370 g/mol. The highest BCUT2D eigenvalue weighted by molar-refractivity contribution is 7.99. The summed E-state index contributed by atoms with van der Waals surface area (Å²) in [6.45, 7) is 0. The minimum absolute atomic E-state index is 0.0565. The van der Waals surface area contributed by atoms with Crippen LogP contribution in [0.5, 0.6) is 0 Å². The molecule has 0 spiro atoms. The molecule has 0 aliphatic heterocycles. The second-order valence-electron chi connectivity index (χ2n) is 6.04. The predicted octanol–water partition coefficient (Wildman–Crippen LogP) is 0.404. The number of benzene rings is 1. The number of carbonyl (C=O) groups excluding carboxylic acids is 1. The van der Waals surface area contributed by atoms with Gasteiger partial charge in [0, 0.05) is 6.04 Å². The van der Waals surface area contributed by atoms with Crippen LogP contribution in [0, 0.1) is 0 Å². The first-order chi connectivity index (χ1) is 13.1. The molecule has 0 saturated heterocycles. The lowest BCUT2D eigenvalue weighted by Gasteiger charge is -2.10. The van der Waals surface area contributed by atoms with Crippen LogP contribution in [0.3, 0.4) is 0 Å². The number of tetrazole rings is 1. The number of nitrogens with one attached hydrogen (secondary N) is 1. The van der Waals surface area contributed by atoms with Crippen molar-refractivity contribution in [1.29, 1.82) is 0 Å². The molecule has 3 aromatic rings. The Balaban J connectivity index is 1.58. The minimum Gasteiger partial charge on any atom is -0.384 e. The molecule has 27 heavy (non-hydrogen) atoms. The topological polar surface area (TPSA) is 142 Å². The first-order valence-corrected chi connectivity index (χ1v) is 9.19. The molecule has 2 heterocycles. The van der Waals surface area contributed by atoms with E-state index in [1.165, 1.54) is 9.25 Å². The van der Waals surface area contributed by atoms with Crippen LogP contribution in [0.1, 0.15) is 29.2 Å². The number of para-hydroxylation sites is 1. The average molecular weight is 385 g/mol. The summed E-state index contributed by atoms with van der Waals surface area (Å²) in [5.74, 6) is -0.668. The molecule has 0 radical (unpaired) electrons. The normalized spacial score (nSPS) is 13.6. The molecule has 1 saturated carbocycles. The lowest BCUT2D eigenvalue weighted by atomic mass is 10.2. The SMILES string of the molecule is Nc1c(C(=O)CSc2nnnn2-c2ccccc2)c(=O)[nH]c(=O)n1C1CC1. The van der Waals surface area contributed by atoms with E-state index in [0.29, 0.717) is 5.16 Å². The second-order valence-corrected chi connectivity index (χ2v) is 6.98. The molecule has 11 heteroatoms. The standard InChI is InChI=1S/C16H15N7O3S/c17-13-12(14(25)18-15(26)22(13)9-6-7-9)11(24)8-27-16-19-20-21-23(16)10-4-2-1-3-5-10/h1-5,9H,6-8,17H2,(H,18,25,26). The summed E-state index contributed by atoms with van der Waals surface area (Å²) in [5, 5.41) is 11.9.